The zero-order valence-corrected chi connectivity index (χ0v) is 18.8. The molecule has 0 aliphatic carbocycles. The number of halogens is 8. The molecule has 0 radical (unpaired) electrons. The minimum Gasteiger partial charge on any atom is -0.423 e. The molecule has 1 heterocycles. The summed E-state index contributed by atoms with van der Waals surface area (Å²) in [5, 5.41) is 9.88. The molecule has 3 aromatic carbocycles. The standard InChI is InChI=1S/C24H12F8O4S/c25-14-3-1-12(2-4-14)19-11-21(33)36-20-10-16(5-6-18(19)20)37(35)17-8-13(7-15(26)9-17)22(34,23(27,28)29)24(30,31)32/h1-11,34H. The molecule has 1 atom stereocenters. The van der Waals surface area contributed by atoms with Gasteiger partial charge in [-0.05, 0) is 59.7 Å². The maximum Gasteiger partial charge on any atom is 0.430 e. The van der Waals surface area contributed by atoms with Gasteiger partial charge in [-0.25, -0.2) is 17.8 Å². The Balaban J connectivity index is 1.83. The molecule has 4 rings (SSSR count). The number of hydrogen-bond donors (Lipinski definition) is 1. The van der Waals surface area contributed by atoms with Gasteiger partial charge in [0.2, 0.25) is 0 Å². The van der Waals surface area contributed by atoms with Crippen molar-refractivity contribution >= 4 is 21.8 Å². The highest BCUT2D eigenvalue weighted by Gasteiger charge is 2.71. The minimum atomic E-state index is -6.28. The third kappa shape index (κ3) is 4.76. The molecular weight excluding hydrogens is 536 g/mol. The van der Waals surface area contributed by atoms with E-state index in [9.17, 15) is 49.2 Å². The second-order valence-electron chi connectivity index (χ2n) is 7.79. The van der Waals surface area contributed by atoms with Gasteiger partial charge in [0.15, 0.2) is 0 Å². The lowest BCUT2D eigenvalue weighted by molar-refractivity contribution is -0.376. The fraction of sp³-hybridized carbons (Fsp3) is 0.125. The summed E-state index contributed by atoms with van der Waals surface area (Å²) in [5.74, 6) is -2.15. The summed E-state index contributed by atoms with van der Waals surface area (Å²) in [6, 6.07) is 10.1. The molecule has 1 aromatic heterocycles. The number of rotatable bonds is 4. The van der Waals surface area contributed by atoms with Crippen molar-refractivity contribution in [2.75, 3.05) is 0 Å². The van der Waals surface area contributed by atoms with E-state index in [2.05, 4.69) is 0 Å². The van der Waals surface area contributed by atoms with Crippen molar-refractivity contribution in [3.63, 3.8) is 0 Å². The highest BCUT2D eigenvalue weighted by Crippen LogP contribution is 2.50. The fourth-order valence-electron chi connectivity index (χ4n) is 3.63. The Morgan fingerprint density at radius 3 is 1.95 bits per heavy atom. The molecule has 0 amide bonds. The smallest absolute Gasteiger partial charge is 0.423 e. The summed E-state index contributed by atoms with van der Waals surface area (Å²) in [6.07, 6.45) is -12.6. The Hall–Kier alpha value is -3.58. The van der Waals surface area contributed by atoms with Crippen molar-refractivity contribution in [1.82, 2.24) is 0 Å². The molecule has 4 nitrogen and oxygen atoms in total. The highest BCUT2D eigenvalue weighted by atomic mass is 32.2. The van der Waals surface area contributed by atoms with E-state index in [1.807, 2.05) is 0 Å². The molecule has 0 bridgehead atoms. The monoisotopic (exact) mass is 548 g/mol. The van der Waals surface area contributed by atoms with Crippen LogP contribution in [0.15, 0.2) is 85.7 Å². The second-order valence-corrected chi connectivity index (χ2v) is 9.27. The van der Waals surface area contributed by atoms with Gasteiger partial charge in [-0.1, -0.05) is 12.1 Å². The van der Waals surface area contributed by atoms with Crippen LogP contribution in [0, 0.1) is 11.6 Å². The number of alkyl halides is 6. The third-order valence-electron chi connectivity index (χ3n) is 5.41. The minimum absolute atomic E-state index is 0.134. The van der Waals surface area contributed by atoms with Gasteiger partial charge < -0.3 is 9.52 Å². The Kier molecular flexibility index (Phi) is 6.49. The van der Waals surface area contributed by atoms with E-state index in [-0.39, 0.29) is 28.0 Å². The molecule has 0 spiro atoms. The molecule has 194 valence electrons. The first-order chi connectivity index (χ1) is 17.1. The molecule has 0 saturated heterocycles. The molecular formula is C24H12F8O4S. The normalized spacial score (nSPS) is 13.6. The zero-order chi connectivity index (χ0) is 27.3. The summed E-state index contributed by atoms with van der Waals surface area (Å²) >= 11 is 0. The first-order valence-corrected chi connectivity index (χ1v) is 11.2. The molecule has 0 aliphatic rings. The van der Waals surface area contributed by atoms with Crippen molar-refractivity contribution in [2.24, 2.45) is 0 Å². The Labute approximate surface area is 204 Å². The second kappa shape index (κ2) is 9.06. The molecule has 0 fully saturated rings. The molecule has 13 heteroatoms. The van der Waals surface area contributed by atoms with Gasteiger partial charge in [0, 0.05) is 26.8 Å². The third-order valence-corrected chi connectivity index (χ3v) is 6.75. The lowest BCUT2D eigenvalue weighted by atomic mass is 9.92. The summed E-state index contributed by atoms with van der Waals surface area (Å²) in [5.41, 5.74) is -7.64. The summed E-state index contributed by atoms with van der Waals surface area (Å²) in [6.45, 7) is 0. The number of fused-ring (bicyclic) bond motifs is 1. The van der Waals surface area contributed by atoms with E-state index in [0.29, 0.717) is 17.2 Å². The summed E-state index contributed by atoms with van der Waals surface area (Å²) in [7, 11) is -2.57. The van der Waals surface area contributed by atoms with E-state index in [4.69, 9.17) is 4.42 Å². The van der Waals surface area contributed by atoms with E-state index in [0.717, 1.165) is 24.3 Å². The van der Waals surface area contributed by atoms with Crippen LogP contribution in [-0.2, 0) is 16.4 Å². The van der Waals surface area contributed by atoms with Crippen LogP contribution in [-0.4, -0.2) is 21.7 Å². The molecule has 1 unspecified atom stereocenters. The van der Waals surface area contributed by atoms with Crippen molar-refractivity contribution < 1.29 is 48.9 Å². The molecule has 0 saturated carbocycles. The predicted octanol–water partition coefficient (Wildman–Crippen LogP) is 6.22. The van der Waals surface area contributed by atoms with Crippen LogP contribution in [0.2, 0.25) is 0 Å². The lowest BCUT2D eigenvalue weighted by Crippen LogP contribution is -2.54. The maximum atomic E-state index is 14.1. The van der Waals surface area contributed by atoms with Gasteiger partial charge >= 0.3 is 18.0 Å². The van der Waals surface area contributed by atoms with Gasteiger partial charge in [0.25, 0.3) is 5.60 Å². The highest BCUT2D eigenvalue weighted by molar-refractivity contribution is 7.85. The quantitative estimate of drug-likeness (QED) is 0.243. The van der Waals surface area contributed by atoms with E-state index in [1.165, 1.54) is 24.3 Å². The van der Waals surface area contributed by atoms with Crippen LogP contribution in [0.4, 0.5) is 35.1 Å². The van der Waals surface area contributed by atoms with Crippen LogP contribution in [0.25, 0.3) is 22.1 Å². The van der Waals surface area contributed by atoms with Gasteiger partial charge in [-0.15, -0.1) is 0 Å². The first kappa shape index (κ1) is 26.5. The topological polar surface area (TPSA) is 67.5 Å². The lowest BCUT2D eigenvalue weighted by Gasteiger charge is -2.32. The van der Waals surface area contributed by atoms with Crippen molar-refractivity contribution in [1.29, 1.82) is 0 Å². The van der Waals surface area contributed by atoms with Crippen LogP contribution < -0.4 is 5.63 Å². The first-order valence-electron chi connectivity index (χ1n) is 10.0. The summed E-state index contributed by atoms with van der Waals surface area (Å²) < 4.78 is 125. The Bertz CT molecular complexity index is 1560. The average molecular weight is 548 g/mol. The Morgan fingerprint density at radius 2 is 1.35 bits per heavy atom. The van der Waals surface area contributed by atoms with Gasteiger partial charge in [-0.2, -0.15) is 26.3 Å². The van der Waals surface area contributed by atoms with Gasteiger partial charge in [0.1, 0.15) is 17.2 Å². The Morgan fingerprint density at radius 1 is 0.730 bits per heavy atom. The van der Waals surface area contributed by atoms with Gasteiger partial charge in [0.05, 0.1) is 10.8 Å². The molecule has 4 aromatic rings. The van der Waals surface area contributed by atoms with Gasteiger partial charge in [-0.3, -0.25) is 0 Å². The number of hydrogen-bond acceptors (Lipinski definition) is 4. The SMILES string of the molecule is O=c1cc(-c2ccc(F)cc2)c2ccc(S(=O)c3cc(F)cc(C(O)(C(F)(F)F)C(F)(F)F)c3)cc2o1. The van der Waals surface area contributed by atoms with Crippen LogP contribution in [0.3, 0.4) is 0 Å². The largest absolute Gasteiger partial charge is 0.430 e. The van der Waals surface area contributed by atoms with Crippen molar-refractivity contribution in [3.8, 4) is 11.1 Å². The maximum absolute atomic E-state index is 14.1. The van der Waals surface area contributed by atoms with E-state index < -0.39 is 56.5 Å². The van der Waals surface area contributed by atoms with E-state index >= 15 is 0 Å². The molecule has 1 N–H and O–H groups in total. The van der Waals surface area contributed by atoms with Crippen LogP contribution in [0.1, 0.15) is 5.56 Å². The zero-order valence-electron chi connectivity index (χ0n) is 18.0. The molecule has 0 aliphatic heterocycles. The van der Waals surface area contributed by atoms with Crippen LogP contribution in [0.5, 0.6) is 0 Å². The summed E-state index contributed by atoms with van der Waals surface area (Å²) in [4.78, 5) is 11.0. The number of benzene rings is 3. The number of aliphatic hydroxyl groups is 1. The molecule has 37 heavy (non-hydrogen) atoms. The predicted molar refractivity (Wildman–Crippen MR) is 115 cm³/mol. The van der Waals surface area contributed by atoms with Crippen molar-refractivity contribution in [2.45, 2.75) is 27.7 Å². The van der Waals surface area contributed by atoms with E-state index in [1.54, 1.807) is 0 Å². The van der Waals surface area contributed by atoms with Crippen LogP contribution >= 0.6 is 0 Å². The van der Waals surface area contributed by atoms with Crippen molar-refractivity contribution in [3.05, 3.63) is 94.3 Å². The fourth-order valence-corrected chi connectivity index (χ4v) is 4.76. The average Bonchev–Trinajstić information content (AvgIpc) is 2.80.